The fourth-order valence-electron chi connectivity index (χ4n) is 2.01. The van der Waals surface area contributed by atoms with E-state index in [0.717, 1.165) is 6.54 Å². The van der Waals surface area contributed by atoms with Crippen molar-refractivity contribution in [1.29, 1.82) is 0 Å². The molecule has 0 radical (unpaired) electrons. The first-order chi connectivity index (χ1) is 8.31. The van der Waals surface area contributed by atoms with E-state index >= 15 is 0 Å². The van der Waals surface area contributed by atoms with Gasteiger partial charge in [0.05, 0.1) is 0 Å². The summed E-state index contributed by atoms with van der Waals surface area (Å²) in [6, 6.07) is 9.56. The molecule has 1 aromatic carbocycles. The van der Waals surface area contributed by atoms with Gasteiger partial charge in [0.25, 0.3) is 0 Å². The predicted molar refractivity (Wildman–Crippen MR) is 79.9 cm³/mol. The normalized spacial score (nSPS) is 12.6. The van der Waals surface area contributed by atoms with E-state index in [4.69, 9.17) is 0 Å². The highest BCUT2D eigenvalue weighted by atomic mass is 32.2. The molecule has 1 N–H and O–H groups in total. The minimum absolute atomic E-state index is 0.502. The molecule has 1 rings (SSSR count). The largest absolute Gasteiger partial charge is 0.310 e. The number of nitrogens with one attached hydrogen (secondary N) is 1. The van der Waals surface area contributed by atoms with Crippen molar-refractivity contribution >= 4 is 11.8 Å². The van der Waals surface area contributed by atoms with Gasteiger partial charge in [-0.15, -0.1) is 0 Å². The van der Waals surface area contributed by atoms with E-state index < -0.39 is 0 Å². The molecule has 2 heteroatoms. The lowest BCUT2D eigenvalue weighted by Crippen LogP contribution is -2.23. The molecule has 0 spiro atoms. The van der Waals surface area contributed by atoms with Gasteiger partial charge in [0.1, 0.15) is 0 Å². The van der Waals surface area contributed by atoms with E-state index in [-0.39, 0.29) is 0 Å². The van der Waals surface area contributed by atoms with Crippen LogP contribution in [0.3, 0.4) is 0 Å². The maximum absolute atomic E-state index is 3.58. The maximum Gasteiger partial charge on any atom is 0.0411 e. The Balaban J connectivity index is 2.73. The summed E-state index contributed by atoms with van der Waals surface area (Å²) in [6.07, 6.45) is 2.41. The van der Waals surface area contributed by atoms with Crippen molar-refractivity contribution in [2.45, 2.75) is 39.7 Å². The first-order valence-electron chi connectivity index (χ1n) is 6.71. The van der Waals surface area contributed by atoms with Crippen molar-refractivity contribution in [3.8, 4) is 0 Å². The molecule has 0 amide bonds. The molecule has 0 aromatic heterocycles. The summed E-state index contributed by atoms with van der Waals surface area (Å²) in [7, 11) is 0. The van der Waals surface area contributed by atoms with Gasteiger partial charge in [-0.1, -0.05) is 51.5 Å². The molecule has 1 nitrogen and oxygen atoms in total. The van der Waals surface area contributed by atoms with Gasteiger partial charge < -0.3 is 5.32 Å². The molecule has 96 valence electrons. The lowest BCUT2D eigenvalue weighted by molar-refractivity contribution is 0.605. The Bertz CT molecular complexity index is 312. The zero-order chi connectivity index (χ0) is 12.5. The standard InChI is InChI=1S/C15H25NS/c1-4-8-13-9-7-10-14(11-13)15(16-5-2)12-17-6-3/h7,9-11,15-16H,4-6,8,12H2,1-3H3. The van der Waals surface area contributed by atoms with Crippen LogP contribution in [0.15, 0.2) is 24.3 Å². The van der Waals surface area contributed by atoms with Crippen molar-refractivity contribution < 1.29 is 0 Å². The molecular formula is C15H25NS. The Morgan fingerprint density at radius 2 is 2.06 bits per heavy atom. The van der Waals surface area contributed by atoms with Crippen LogP contribution in [0.5, 0.6) is 0 Å². The van der Waals surface area contributed by atoms with Crippen LogP contribution in [-0.2, 0) is 6.42 Å². The Labute approximate surface area is 110 Å². The van der Waals surface area contributed by atoms with Crippen molar-refractivity contribution in [1.82, 2.24) is 5.32 Å². The van der Waals surface area contributed by atoms with E-state index in [9.17, 15) is 0 Å². The van der Waals surface area contributed by atoms with Crippen molar-refractivity contribution in [3.63, 3.8) is 0 Å². The minimum Gasteiger partial charge on any atom is -0.310 e. The van der Waals surface area contributed by atoms with Gasteiger partial charge >= 0.3 is 0 Å². The SMILES string of the molecule is CCCc1cccc(C(CSCC)NCC)c1. The first kappa shape index (κ1) is 14.6. The Morgan fingerprint density at radius 3 is 2.71 bits per heavy atom. The van der Waals surface area contributed by atoms with Gasteiger partial charge in [0, 0.05) is 11.8 Å². The lowest BCUT2D eigenvalue weighted by Gasteiger charge is -2.18. The summed E-state index contributed by atoms with van der Waals surface area (Å²) < 4.78 is 0. The van der Waals surface area contributed by atoms with Crippen LogP contribution in [0.2, 0.25) is 0 Å². The second-order valence-corrected chi connectivity index (χ2v) is 5.58. The summed E-state index contributed by atoms with van der Waals surface area (Å²) in [6.45, 7) is 7.68. The highest BCUT2D eigenvalue weighted by molar-refractivity contribution is 7.99. The number of aryl methyl sites for hydroxylation is 1. The molecule has 1 atom stereocenters. The Morgan fingerprint density at radius 1 is 1.24 bits per heavy atom. The summed E-state index contributed by atoms with van der Waals surface area (Å²) in [5, 5.41) is 3.58. The number of rotatable bonds is 8. The number of benzene rings is 1. The fraction of sp³-hybridized carbons (Fsp3) is 0.600. The Hall–Kier alpha value is -0.470. The summed E-state index contributed by atoms with van der Waals surface area (Å²) >= 11 is 2.01. The topological polar surface area (TPSA) is 12.0 Å². The van der Waals surface area contributed by atoms with Gasteiger partial charge in [-0.3, -0.25) is 0 Å². The zero-order valence-electron chi connectivity index (χ0n) is 11.3. The average molecular weight is 251 g/mol. The zero-order valence-corrected chi connectivity index (χ0v) is 12.1. The smallest absolute Gasteiger partial charge is 0.0411 e. The third-order valence-electron chi connectivity index (χ3n) is 2.83. The van der Waals surface area contributed by atoms with Gasteiger partial charge in [0.2, 0.25) is 0 Å². The summed E-state index contributed by atoms with van der Waals surface area (Å²) in [5.41, 5.74) is 2.91. The molecule has 0 saturated carbocycles. The summed E-state index contributed by atoms with van der Waals surface area (Å²) in [4.78, 5) is 0. The quantitative estimate of drug-likeness (QED) is 0.748. The van der Waals surface area contributed by atoms with E-state index in [1.54, 1.807) is 0 Å². The molecule has 1 aromatic rings. The molecule has 0 aliphatic carbocycles. The van der Waals surface area contributed by atoms with Crippen LogP contribution in [0, 0.1) is 0 Å². The van der Waals surface area contributed by atoms with E-state index in [2.05, 4.69) is 50.4 Å². The van der Waals surface area contributed by atoms with Gasteiger partial charge in [-0.2, -0.15) is 11.8 Å². The number of hydrogen-bond acceptors (Lipinski definition) is 2. The van der Waals surface area contributed by atoms with Crippen molar-refractivity contribution in [2.75, 3.05) is 18.1 Å². The first-order valence-corrected chi connectivity index (χ1v) is 7.87. The van der Waals surface area contributed by atoms with Gasteiger partial charge in [0.15, 0.2) is 0 Å². The highest BCUT2D eigenvalue weighted by Gasteiger charge is 2.09. The highest BCUT2D eigenvalue weighted by Crippen LogP contribution is 2.20. The van der Waals surface area contributed by atoms with E-state index in [1.165, 1.54) is 35.5 Å². The monoisotopic (exact) mass is 251 g/mol. The van der Waals surface area contributed by atoms with Crippen LogP contribution < -0.4 is 5.32 Å². The molecule has 0 saturated heterocycles. The minimum atomic E-state index is 0.502. The number of hydrogen-bond donors (Lipinski definition) is 1. The molecule has 0 aliphatic heterocycles. The third-order valence-corrected chi connectivity index (χ3v) is 3.81. The third kappa shape index (κ3) is 5.13. The predicted octanol–water partition coefficient (Wildman–Crippen LogP) is 4.04. The van der Waals surface area contributed by atoms with Crippen LogP contribution in [0.25, 0.3) is 0 Å². The van der Waals surface area contributed by atoms with Gasteiger partial charge in [-0.25, -0.2) is 0 Å². The molecule has 1 unspecified atom stereocenters. The van der Waals surface area contributed by atoms with Crippen LogP contribution in [0.4, 0.5) is 0 Å². The van der Waals surface area contributed by atoms with Crippen LogP contribution in [0.1, 0.15) is 44.4 Å². The van der Waals surface area contributed by atoms with Crippen molar-refractivity contribution in [2.24, 2.45) is 0 Å². The van der Waals surface area contributed by atoms with Crippen molar-refractivity contribution in [3.05, 3.63) is 35.4 Å². The molecule has 0 fully saturated rings. The fourth-order valence-corrected chi connectivity index (χ4v) is 2.79. The second-order valence-electron chi connectivity index (χ2n) is 4.26. The van der Waals surface area contributed by atoms with E-state index in [1.807, 2.05) is 11.8 Å². The van der Waals surface area contributed by atoms with Gasteiger partial charge in [-0.05, 0) is 29.8 Å². The second kappa shape index (κ2) is 8.60. The molecule has 17 heavy (non-hydrogen) atoms. The number of thioether (sulfide) groups is 1. The lowest BCUT2D eigenvalue weighted by atomic mass is 10.0. The maximum atomic E-state index is 3.58. The van der Waals surface area contributed by atoms with Crippen LogP contribution >= 0.6 is 11.8 Å². The van der Waals surface area contributed by atoms with Crippen LogP contribution in [-0.4, -0.2) is 18.1 Å². The molecule has 0 bridgehead atoms. The molecular weight excluding hydrogens is 226 g/mol. The van der Waals surface area contributed by atoms with E-state index in [0.29, 0.717) is 6.04 Å². The molecule has 0 aliphatic rings. The Kier molecular flexibility index (Phi) is 7.38. The molecule has 0 heterocycles. The summed E-state index contributed by atoms with van der Waals surface area (Å²) in [5.74, 6) is 2.36. The average Bonchev–Trinajstić information content (AvgIpc) is 2.35.